The fourth-order valence-corrected chi connectivity index (χ4v) is 3.04. The first kappa shape index (κ1) is 14.8. The van der Waals surface area contributed by atoms with E-state index in [4.69, 9.17) is 23.2 Å². The highest BCUT2D eigenvalue weighted by atomic mass is 79.9. The molecular formula is C15H10BrCl2FN2. The van der Waals surface area contributed by atoms with Gasteiger partial charge in [-0.15, -0.1) is 11.6 Å². The molecule has 0 aliphatic heterocycles. The standard InChI is InChI=1S/C15H10BrCl2FN2/c16-9-1-2-13-14(5-9)21(15(20-13)3-4-17)12-7-10(18)6-11(19)8-12/h1-2,5-8H,3-4H2. The van der Waals surface area contributed by atoms with E-state index in [1.165, 1.54) is 12.1 Å². The normalized spacial score (nSPS) is 11.2. The molecule has 0 radical (unpaired) electrons. The van der Waals surface area contributed by atoms with E-state index in [1.54, 1.807) is 6.07 Å². The molecule has 0 saturated carbocycles. The van der Waals surface area contributed by atoms with Gasteiger partial charge in [-0.2, -0.15) is 0 Å². The van der Waals surface area contributed by atoms with E-state index in [1.807, 2.05) is 22.8 Å². The Morgan fingerprint density at radius 2 is 2.00 bits per heavy atom. The number of benzene rings is 2. The summed E-state index contributed by atoms with van der Waals surface area (Å²) in [4.78, 5) is 4.57. The minimum absolute atomic E-state index is 0.346. The Morgan fingerprint density at radius 1 is 1.19 bits per heavy atom. The van der Waals surface area contributed by atoms with Crippen molar-refractivity contribution in [2.75, 3.05) is 5.88 Å². The van der Waals surface area contributed by atoms with E-state index >= 15 is 0 Å². The van der Waals surface area contributed by atoms with Crippen molar-refractivity contribution in [3.05, 3.63) is 57.5 Å². The number of hydrogen-bond donors (Lipinski definition) is 0. The maximum absolute atomic E-state index is 13.7. The van der Waals surface area contributed by atoms with Crippen LogP contribution in [-0.2, 0) is 6.42 Å². The van der Waals surface area contributed by atoms with Gasteiger partial charge in [-0.05, 0) is 36.4 Å². The van der Waals surface area contributed by atoms with Crippen molar-refractivity contribution in [2.24, 2.45) is 0 Å². The predicted octanol–water partition coefficient (Wildman–Crippen LogP) is 5.36. The molecule has 1 heterocycles. The van der Waals surface area contributed by atoms with Crippen molar-refractivity contribution >= 4 is 50.2 Å². The molecular weight excluding hydrogens is 378 g/mol. The minimum atomic E-state index is -0.383. The highest BCUT2D eigenvalue weighted by molar-refractivity contribution is 9.10. The van der Waals surface area contributed by atoms with Crippen LogP contribution in [0.4, 0.5) is 4.39 Å². The largest absolute Gasteiger partial charge is 0.296 e. The molecule has 0 aliphatic carbocycles. The van der Waals surface area contributed by atoms with E-state index in [-0.39, 0.29) is 5.82 Å². The Labute approximate surface area is 139 Å². The topological polar surface area (TPSA) is 17.8 Å². The molecule has 0 fully saturated rings. The van der Waals surface area contributed by atoms with Gasteiger partial charge in [0.05, 0.1) is 16.7 Å². The van der Waals surface area contributed by atoms with Crippen molar-refractivity contribution in [1.29, 1.82) is 0 Å². The molecule has 2 nitrogen and oxygen atoms in total. The van der Waals surface area contributed by atoms with Crippen molar-refractivity contribution in [2.45, 2.75) is 6.42 Å². The van der Waals surface area contributed by atoms with Crippen molar-refractivity contribution in [1.82, 2.24) is 9.55 Å². The van der Waals surface area contributed by atoms with Gasteiger partial charge >= 0.3 is 0 Å². The van der Waals surface area contributed by atoms with Crippen LogP contribution in [-0.4, -0.2) is 15.4 Å². The highest BCUT2D eigenvalue weighted by Crippen LogP contribution is 2.27. The minimum Gasteiger partial charge on any atom is -0.296 e. The summed E-state index contributed by atoms with van der Waals surface area (Å²) in [6.07, 6.45) is 0.585. The molecule has 3 aromatic rings. The second-order valence-electron chi connectivity index (χ2n) is 4.56. The maximum atomic E-state index is 13.7. The van der Waals surface area contributed by atoms with Crippen LogP contribution in [0.1, 0.15) is 5.82 Å². The summed E-state index contributed by atoms with van der Waals surface area (Å²) in [5, 5.41) is 0.346. The molecule has 0 aliphatic rings. The van der Waals surface area contributed by atoms with Gasteiger partial charge in [0.1, 0.15) is 11.6 Å². The second kappa shape index (κ2) is 5.95. The van der Waals surface area contributed by atoms with Crippen LogP contribution < -0.4 is 0 Å². The van der Waals surface area contributed by atoms with Crippen molar-refractivity contribution in [3.8, 4) is 5.69 Å². The molecule has 2 aromatic carbocycles. The number of rotatable bonds is 3. The number of nitrogens with zero attached hydrogens (tertiary/aromatic N) is 2. The van der Waals surface area contributed by atoms with Gasteiger partial charge in [0.2, 0.25) is 0 Å². The average molecular weight is 388 g/mol. The number of aryl methyl sites for hydroxylation is 1. The number of alkyl halides is 1. The Kier molecular flexibility index (Phi) is 4.20. The van der Waals surface area contributed by atoms with Crippen LogP contribution >= 0.6 is 39.1 Å². The summed E-state index contributed by atoms with van der Waals surface area (Å²) in [5.41, 5.74) is 2.35. The third-order valence-electron chi connectivity index (χ3n) is 3.11. The zero-order chi connectivity index (χ0) is 15.0. The van der Waals surface area contributed by atoms with E-state index in [9.17, 15) is 4.39 Å². The van der Waals surface area contributed by atoms with Gasteiger partial charge < -0.3 is 0 Å². The zero-order valence-electron chi connectivity index (χ0n) is 10.8. The van der Waals surface area contributed by atoms with E-state index in [0.717, 1.165) is 21.3 Å². The molecule has 0 unspecified atom stereocenters. The summed E-state index contributed by atoms with van der Waals surface area (Å²) in [6, 6.07) is 10.2. The van der Waals surface area contributed by atoms with E-state index in [2.05, 4.69) is 20.9 Å². The van der Waals surface area contributed by atoms with Crippen LogP contribution in [0.3, 0.4) is 0 Å². The number of hydrogen-bond acceptors (Lipinski definition) is 1. The lowest BCUT2D eigenvalue weighted by molar-refractivity contribution is 0.626. The smallest absolute Gasteiger partial charge is 0.126 e. The fourth-order valence-electron chi connectivity index (χ4n) is 2.31. The molecule has 0 atom stereocenters. The molecule has 3 rings (SSSR count). The number of fused-ring (bicyclic) bond motifs is 1. The first-order chi connectivity index (χ1) is 10.1. The van der Waals surface area contributed by atoms with Gasteiger partial charge in [0, 0.05) is 21.8 Å². The zero-order valence-corrected chi connectivity index (χ0v) is 13.9. The summed E-state index contributed by atoms with van der Waals surface area (Å²) in [7, 11) is 0. The first-order valence-electron chi connectivity index (χ1n) is 6.28. The van der Waals surface area contributed by atoms with Crippen LogP contribution in [0.5, 0.6) is 0 Å². The lowest BCUT2D eigenvalue weighted by atomic mass is 10.2. The van der Waals surface area contributed by atoms with Gasteiger partial charge in [-0.1, -0.05) is 27.5 Å². The lowest BCUT2D eigenvalue weighted by Crippen LogP contribution is -2.02. The molecule has 0 bridgehead atoms. The summed E-state index contributed by atoms with van der Waals surface area (Å²) >= 11 is 15.3. The second-order valence-corrected chi connectivity index (χ2v) is 6.29. The van der Waals surface area contributed by atoms with Gasteiger partial charge in [0.25, 0.3) is 0 Å². The van der Waals surface area contributed by atoms with Gasteiger partial charge in [-0.3, -0.25) is 4.57 Å². The molecule has 108 valence electrons. The molecule has 0 spiro atoms. The SMILES string of the molecule is Fc1cc(Cl)cc(-n2c(CCCl)nc3ccc(Br)cc32)c1. The van der Waals surface area contributed by atoms with Crippen LogP contribution in [0.2, 0.25) is 5.02 Å². The van der Waals surface area contributed by atoms with Crippen LogP contribution in [0.25, 0.3) is 16.7 Å². The summed E-state index contributed by atoms with van der Waals surface area (Å²) in [5.74, 6) is 0.832. The quantitative estimate of drug-likeness (QED) is 0.553. The Bertz CT molecular complexity index is 797. The van der Waals surface area contributed by atoms with Crippen LogP contribution in [0.15, 0.2) is 40.9 Å². The Morgan fingerprint density at radius 3 is 2.71 bits per heavy atom. The Hall–Kier alpha value is -1.10. The van der Waals surface area contributed by atoms with Crippen LogP contribution in [0, 0.1) is 5.82 Å². The number of aromatic nitrogens is 2. The van der Waals surface area contributed by atoms with Gasteiger partial charge in [-0.25, -0.2) is 9.37 Å². The number of halogens is 4. The first-order valence-corrected chi connectivity index (χ1v) is 7.98. The molecule has 0 N–H and O–H groups in total. The van der Waals surface area contributed by atoms with Gasteiger partial charge in [0.15, 0.2) is 0 Å². The van der Waals surface area contributed by atoms with E-state index in [0.29, 0.717) is 23.0 Å². The average Bonchev–Trinajstić information content (AvgIpc) is 2.75. The predicted molar refractivity (Wildman–Crippen MR) is 88.2 cm³/mol. The summed E-state index contributed by atoms with van der Waals surface area (Å²) in [6.45, 7) is 0. The third-order valence-corrected chi connectivity index (χ3v) is 4.01. The van der Waals surface area contributed by atoms with Crippen molar-refractivity contribution < 1.29 is 4.39 Å². The molecule has 1 aromatic heterocycles. The lowest BCUT2D eigenvalue weighted by Gasteiger charge is -2.09. The molecule has 6 heteroatoms. The summed E-state index contributed by atoms with van der Waals surface area (Å²) < 4.78 is 16.5. The molecule has 0 saturated heterocycles. The number of imidazole rings is 1. The van der Waals surface area contributed by atoms with E-state index < -0.39 is 0 Å². The Balaban J connectivity index is 2.32. The maximum Gasteiger partial charge on any atom is 0.126 e. The van der Waals surface area contributed by atoms with Crippen molar-refractivity contribution in [3.63, 3.8) is 0 Å². The monoisotopic (exact) mass is 386 g/mol. The third kappa shape index (κ3) is 2.93. The highest BCUT2D eigenvalue weighted by Gasteiger charge is 2.13. The molecule has 21 heavy (non-hydrogen) atoms. The fraction of sp³-hybridized carbons (Fsp3) is 0.133. The molecule has 0 amide bonds.